The van der Waals surface area contributed by atoms with Gasteiger partial charge in [-0.2, -0.15) is 0 Å². The minimum atomic E-state index is -4.01. The normalized spacial score (nSPS) is 11.0. The summed E-state index contributed by atoms with van der Waals surface area (Å²) in [7, 11) is -4.01. The van der Waals surface area contributed by atoms with Crippen LogP contribution in [0.1, 0.15) is 21.5 Å². The summed E-state index contributed by atoms with van der Waals surface area (Å²) >= 11 is 6.16. The topological polar surface area (TPSA) is 84.5 Å². The highest BCUT2D eigenvalue weighted by Gasteiger charge is 2.21. The first-order valence-electron chi connectivity index (χ1n) is 9.74. The van der Waals surface area contributed by atoms with Gasteiger partial charge in [0, 0.05) is 23.0 Å². The van der Waals surface area contributed by atoms with E-state index in [1.807, 2.05) is 19.9 Å². The molecule has 0 unspecified atom stereocenters. The van der Waals surface area contributed by atoms with Gasteiger partial charge in [-0.15, -0.1) is 0 Å². The Bertz CT molecular complexity index is 1270. The fourth-order valence-corrected chi connectivity index (χ4v) is 4.46. The van der Waals surface area contributed by atoms with Gasteiger partial charge in [0.1, 0.15) is 17.3 Å². The van der Waals surface area contributed by atoms with Crippen molar-refractivity contribution < 1.29 is 17.9 Å². The molecule has 3 rings (SSSR count). The molecule has 3 aromatic carbocycles. The lowest BCUT2D eigenvalue weighted by molar-refractivity contribution is 0.102. The Morgan fingerprint density at radius 3 is 2.53 bits per heavy atom. The SMILES string of the molecule is C=CCOc1cccc(NC(=O)c2ccc(Cl)c(S(=O)(=O)Nc3ccc(C)c(C)c3)c2)c1. The minimum Gasteiger partial charge on any atom is -0.489 e. The number of hydrogen-bond donors (Lipinski definition) is 2. The first-order chi connectivity index (χ1) is 15.2. The molecular weight excluding hydrogens is 448 g/mol. The smallest absolute Gasteiger partial charge is 0.263 e. The number of carbonyl (C=O) groups excluding carboxylic acids is 1. The molecule has 0 aromatic heterocycles. The van der Waals surface area contributed by atoms with Crippen molar-refractivity contribution in [2.45, 2.75) is 18.7 Å². The highest BCUT2D eigenvalue weighted by atomic mass is 35.5. The van der Waals surface area contributed by atoms with Crippen LogP contribution in [0.2, 0.25) is 5.02 Å². The highest BCUT2D eigenvalue weighted by Crippen LogP contribution is 2.26. The van der Waals surface area contributed by atoms with Gasteiger partial charge in [0.15, 0.2) is 0 Å². The fourth-order valence-electron chi connectivity index (χ4n) is 2.89. The molecule has 166 valence electrons. The van der Waals surface area contributed by atoms with Gasteiger partial charge < -0.3 is 10.1 Å². The molecule has 3 aromatic rings. The van der Waals surface area contributed by atoms with Gasteiger partial charge in [-0.1, -0.05) is 36.4 Å². The van der Waals surface area contributed by atoms with E-state index in [4.69, 9.17) is 16.3 Å². The van der Waals surface area contributed by atoms with Crippen LogP contribution in [-0.4, -0.2) is 20.9 Å². The number of anilines is 2. The minimum absolute atomic E-state index is 0.0118. The quantitative estimate of drug-likeness (QED) is 0.421. The van der Waals surface area contributed by atoms with E-state index in [0.29, 0.717) is 23.7 Å². The van der Waals surface area contributed by atoms with Crippen molar-refractivity contribution in [3.05, 3.63) is 95.0 Å². The summed E-state index contributed by atoms with van der Waals surface area (Å²) in [5.74, 6) is 0.0878. The predicted octanol–water partition coefficient (Wildman–Crippen LogP) is 5.57. The maximum atomic E-state index is 12.9. The number of sulfonamides is 1. The third-order valence-electron chi connectivity index (χ3n) is 4.70. The van der Waals surface area contributed by atoms with Crippen molar-refractivity contribution in [1.82, 2.24) is 0 Å². The molecule has 1 amide bonds. The van der Waals surface area contributed by atoms with Crippen LogP contribution in [0.15, 0.2) is 78.2 Å². The van der Waals surface area contributed by atoms with Gasteiger partial charge in [-0.3, -0.25) is 9.52 Å². The van der Waals surface area contributed by atoms with Gasteiger partial charge in [0.05, 0.1) is 5.02 Å². The largest absolute Gasteiger partial charge is 0.489 e. The summed E-state index contributed by atoms with van der Waals surface area (Å²) in [6.07, 6.45) is 1.62. The number of carbonyl (C=O) groups is 1. The van der Waals surface area contributed by atoms with Crippen molar-refractivity contribution in [2.24, 2.45) is 0 Å². The Labute approximate surface area is 192 Å². The number of rotatable bonds is 8. The molecule has 0 atom stereocenters. The van der Waals surface area contributed by atoms with E-state index in [-0.39, 0.29) is 15.5 Å². The van der Waals surface area contributed by atoms with Gasteiger partial charge in [0.25, 0.3) is 15.9 Å². The van der Waals surface area contributed by atoms with E-state index < -0.39 is 15.9 Å². The molecule has 0 aliphatic heterocycles. The molecule has 0 spiro atoms. The second kappa shape index (κ2) is 9.89. The van der Waals surface area contributed by atoms with E-state index in [9.17, 15) is 13.2 Å². The first kappa shape index (κ1) is 23.4. The molecule has 0 aliphatic rings. The summed E-state index contributed by atoms with van der Waals surface area (Å²) in [5.41, 5.74) is 3.05. The van der Waals surface area contributed by atoms with Crippen LogP contribution < -0.4 is 14.8 Å². The van der Waals surface area contributed by atoms with Gasteiger partial charge >= 0.3 is 0 Å². The maximum absolute atomic E-state index is 12.9. The molecule has 0 saturated carbocycles. The standard InChI is InChI=1S/C24H23ClN2O4S/c1-4-12-31-21-7-5-6-19(15-21)26-24(28)18-9-11-22(25)23(14-18)32(29,30)27-20-10-8-16(2)17(3)13-20/h4-11,13-15,27H,1,12H2,2-3H3,(H,26,28). The third kappa shape index (κ3) is 5.69. The van der Waals surface area contributed by atoms with E-state index in [2.05, 4.69) is 16.6 Å². The number of benzene rings is 3. The van der Waals surface area contributed by atoms with Crippen molar-refractivity contribution >= 4 is 38.9 Å². The summed E-state index contributed by atoms with van der Waals surface area (Å²) in [6, 6.07) is 16.2. The Balaban J connectivity index is 1.83. The Hall–Kier alpha value is -3.29. The van der Waals surface area contributed by atoms with Crippen molar-refractivity contribution in [3.63, 3.8) is 0 Å². The second-order valence-corrected chi connectivity index (χ2v) is 9.19. The second-order valence-electron chi connectivity index (χ2n) is 7.13. The summed E-state index contributed by atoms with van der Waals surface area (Å²) < 4.78 is 33.9. The van der Waals surface area contributed by atoms with E-state index in [1.165, 1.54) is 18.2 Å². The maximum Gasteiger partial charge on any atom is 0.263 e. The first-order valence-corrected chi connectivity index (χ1v) is 11.6. The zero-order chi connectivity index (χ0) is 23.3. The number of halogens is 1. The fraction of sp³-hybridized carbons (Fsp3) is 0.125. The van der Waals surface area contributed by atoms with Gasteiger partial charge in [0.2, 0.25) is 0 Å². The molecule has 0 aliphatic carbocycles. The van der Waals surface area contributed by atoms with Crippen molar-refractivity contribution in [2.75, 3.05) is 16.6 Å². The number of ether oxygens (including phenoxy) is 1. The summed E-state index contributed by atoms with van der Waals surface area (Å²) in [5, 5.41) is 2.75. The third-order valence-corrected chi connectivity index (χ3v) is 6.56. The molecule has 0 heterocycles. The Morgan fingerprint density at radius 1 is 1.03 bits per heavy atom. The molecule has 0 radical (unpaired) electrons. The predicted molar refractivity (Wildman–Crippen MR) is 128 cm³/mol. The monoisotopic (exact) mass is 470 g/mol. The van der Waals surface area contributed by atoms with Gasteiger partial charge in [-0.25, -0.2) is 8.42 Å². The van der Waals surface area contributed by atoms with E-state index in [1.54, 1.807) is 42.5 Å². The lowest BCUT2D eigenvalue weighted by atomic mass is 10.1. The Morgan fingerprint density at radius 2 is 1.81 bits per heavy atom. The van der Waals surface area contributed by atoms with Crippen molar-refractivity contribution in [1.29, 1.82) is 0 Å². The number of aryl methyl sites for hydroxylation is 2. The number of nitrogens with one attached hydrogen (secondary N) is 2. The van der Waals surface area contributed by atoms with Crippen molar-refractivity contribution in [3.8, 4) is 5.75 Å². The van der Waals surface area contributed by atoms with Gasteiger partial charge in [-0.05, 0) is 67.4 Å². The molecule has 0 fully saturated rings. The zero-order valence-electron chi connectivity index (χ0n) is 17.7. The molecule has 2 N–H and O–H groups in total. The summed E-state index contributed by atoms with van der Waals surface area (Å²) in [6.45, 7) is 7.76. The van der Waals surface area contributed by atoms with Crippen LogP contribution in [0.4, 0.5) is 11.4 Å². The average molecular weight is 471 g/mol. The summed E-state index contributed by atoms with van der Waals surface area (Å²) in [4.78, 5) is 12.6. The van der Waals surface area contributed by atoms with Crippen LogP contribution in [0, 0.1) is 13.8 Å². The zero-order valence-corrected chi connectivity index (χ0v) is 19.3. The average Bonchev–Trinajstić information content (AvgIpc) is 2.75. The molecule has 0 saturated heterocycles. The van der Waals surface area contributed by atoms with E-state index in [0.717, 1.165) is 11.1 Å². The lowest BCUT2D eigenvalue weighted by Crippen LogP contribution is -2.16. The van der Waals surface area contributed by atoms with E-state index >= 15 is 0 Å². The lowest BCUT2D eigenvalue weighted by Gasteiger charge is -2.13. The number of hydrogen-bond acceptors (Lipinski definition) is 4. The molecule has 0 bridgehead atoms. The van der Waals surface area contributed by atoms with Crippen LogP contribution >= 0.6 is 11.6 Å². The van der Waals surface area contributed by atoms with Crippen LogP contribution in [0.5, 0.6) is 5.75 Å². The van der Waals surface area contributed by atoms with Crippen LogP contribution in [-0.2, 0) is 10.0 Å². The molecule has 32 heavy (non-hydrogen) atoms. The Kier molecular flexibility index (Phi) is 7.22. The van der Waals surface area contributed by atoms with Crippen LogP contribution in [0.3, 0.4) is 0 Å². The highest BCUT2D eigenvalue weighted by molar-refractivity contribution is 7.92. The van der Waals surface area contributed by atoms with Crippen LogP contribution in [0.25, 0.3) is 0 Å². The number of amides is 1. The molecular formula is C24H23ClN2O4S. The molecule has 8 heteroatoms. The molecule has 6 nitrogen and oxygen atoms in total.